The van der Waals surface area contributed by atoms with Gasteiger partial charge in [0.1, 0.15) is 12.1 Å². The lowest BCUT2D eigenvalue weighted by molar-refractivity contribution is -0.145. The molecular formula is C19H38N10O7. The second kappa shape index (κ2) is 16.8. The maximum Gasteiger partial charge on any atom is 0.328 e. The molecule has 0 heterocycles. The highest BCUT2D eigenvalue weighted by Gasteiger charge is 2.31. The van der Waals surface area contributed by atoms with Crippen molar-refractivity contribution in [3.8, 4) is 0 Å². The fourth-order valence-corrected chi connectivity index (χ4v) is 2.81. The van der Waals surface area contributed by atoms with Crippen LogP contribution < -0.4 is 44.6 Å². The van der Waals surface area contributed by atoms with E-state index in [9.17, 15) is 34.5 Å². The van der Waals surface area contributed by atoms with Gasteiger partial charge in [0.2, 0.25) is 17.7 Å². The smallest absolute Gasteiger partial charge is 0.328 e. The first-order chi connectivity index (χ1) is 16.8. The van der Waals surface area contributed by atoms with E-state index in [0.29, 0.717) is 6.42 Å². The van der Waals surface area contributed by atoms with Crippen molar-refractivity contribution in [2.75, 3.05) is 19.7 Å². The van der Waals surface area contributed by atoms with Crippen LogP contribution in [-0.2, 0) is 19.2 Å². The fourth-order valence-electron chi connectivity index (χ4n) is 2.81. The summed E-state index contributed by atoms with van der Waals surface area (Å²) < 4.78 is 0. The van der Waals surface area contributed by atoms with Gasteiger partial charge in [-0.3, -0.25) is 24.4 Å². The summed E-state index contributed by atoms with van der Waals surface area (Å²) in [6.07, 6.45) is -0.679. The number of amides is 3. The minimum atomic E-state index is -1.64. The first kappa shape index (κ1) is 32.3. The monoisotopic (exact) mass is 518 g/mol. The van der Waals surface area contributed by atoms with Crippen molar-refractivity contribution in [3.05, 3.63) is 0 Å². The molecular weight excluding hydrogens is 480 g/mol. The highest BCUT2D eigenvalue weighted by atomic mass is 16.4. The largest absolute Gasteiger partial charge is 0.480 e. The third-order valence-corrected chi connectivity index (χ3v) is 4.74. The van der Waals surface area contributed by atoms with E-state index in [0.717, 1.165) is 0 Å². The number of carboxylic acids is 1. The molecule has 0 saturated heterocycles. The van der Waals surface area contributed by atoms with Crippen LogP contribution in [0.5, 0.6) is 0 Å². The minimum absolute atomic E-state index is 0.0309. The topological polar surface area (TPSA) is 320 Å². The highest BCUT2D eigenvalue weighted by molar-refractivity contribution is 5.94. The predicted molar refractivity (Wildman–Crippen MR) is 130 cm³/mol. The number of hydrogen-bond acceptors (Lipinski definition) is 9. The van der Waals surface area contributed by atoms with Gasteiger partial charge < -0.3 is 59.9 Å². The van der Waals surface area contributed by atoms with Crippen LogP contribution in [0.1, 0.15) is 32.6 Å². The van der Waals surface area contributed by atoms with E-state index in [4.69, 9.17) is 28.7 Å². The van der Waals surface area contributed by atoms with Crippen molar-refractivity contribution in [1.29, 1.82) is 0 Å². The number of carbonyl (C=O) groups excluding carboxylic acids is 3. The maximum absolute atomic E-state index is 12.7. The number of nitrogens with zero attached hydrogens (tertiary/aromatic N) is 2. The van der Waals surface area contributed by atoms with E-state index in [2.05, 4.69) is 25.9 Å². The quantitative estimate of drug-likeness (QED) is 0.0487. The molecule has 0 spiro atoms. The zero-order valence-electron chi connectivity index (χ0n) is 20.1. The molecule has 17 nitrogen and oxygen atoms in total. The number of aliphatic hydroxyl groups excluding tert-OH is 2. The Labute approximate surface area is 207 Å². The normalized spacial score (nSPS) is 14.8. The molecule has 0 aromatic rings. The summed E-state index contributed by atoms with van der Waals surface area (Å²) in [4.78, 5) is 56.5. The molecule has 5 atom stereocenters. The molecule has 17 heteroatoms. The van der Waals surface area contributed by atoms with Crippen LogP contribution >= 0.6 is 0 Å². The van der Waals surface area contributed by atoms with E-state index < -0.39 is 60.6 Å². The molecule has 0 bridgehead atoms. The number of nitrogens with two attached hydrogens (primary N) is 5. The van der Waals surface area contributed by atoms with Gasteiger partial charge in [-0.05, 0) is 32.6 Å². The van der Waals surface area contributed by atoms with Crippen molar-refractivity contribution in [2.24, 2.45) is 38.7 Å². The Morgan fingerprint density at radius 2 is 1.28 bits per heavy atom. The number of aliphatic carboxylic acids is 1. The van der Waals surface area contributed by atoms with E-state index in [-0.39, 0.29) is 44.3 Å². The molecule has 0 radical (unpaired) electrons. The number of rotatable bonds is 17. The standard InChI is InChI=1S/C19H38N10O7/c1-9(31)13(17(35)36)29-15(33)11(5-3-7-26-19(23)24)27-16(34)12(8-30)28-14(32)10(20)4-2-6-25-18(21)22/h9-13,30-31H,2-8,20H2,1H3,(H,27,34)(H,28,32)(H,29,33)(H,35,36)(H4,21,22,25)(H4,23,24,26). The lowest BCUT2D eigenvalue weighted by Crippen LogP contribution is -2.59. The van der Waals surface area contributed by atoms with Crippen LogP contribution in [0.2, 0.25) is 0 Å². The molecule has 0 fully saturated rings. The molecule has 0 aliphatic rings. The Kier molecular flexibility index (Phi) is 15.1. The van der Waals surface area contributed by atoms with Crippen LogP contribution in [0.4, 0.5) is 0 Å². The van der Waals surface area contributed by atoms with Gasteiger partial charge in [-0.15, -0.1) is 0 Å². The van der Waals surface area contributed by atoms with E-state index >= 15 is 0 Å². The van der Waals surface area contributed by atoms with Crippen LogP contribution in [0.25, 0.3) is 0 Å². The maximum atomic E-state index is 12.7. The molecule has 206 valence electrons. The molecule has 0 aromatic carbocycles. The summed E-state index contributed by atoms with van der Waals surface area (Å²) in [5.41, 5.74) is 26.7. The average Bonchev–Trinajstić information content (AvgIpc) is 2.78. The summed E-state index contributed by atoms with van der Waals surface area (Å²) in [6.45, 7) is 0.707. The van der Waals surface area contributed by atoms with Crippen LogP contribution in [0.15, 0.2) is 9.98 Å². The number of nitrogens with one attached hydrogen (secondary N) is 3. The summed E-state index contributed by atoms with van der Waals surface area (Å²) in [5.74, 6) is -4.35. The first-order valence-electron chi connectivity index (χ1n) is 11.1. The molecule has 0 saturated carbocycles. The second-order valence-electron chi connectivity index (χ2n) is 7.87. The van der Waals surface area contributed by atoms with E-state index in [1.807, 2.05) is 0 Å². The third-order valence-electron chi connectivity index (χ3n) is 4.74. The van der Waals surface area contributed by atoms with Gasteiger partial charge in [-0.25, -0.2) is 4.79 Å². The molecule has 0 aromatic heterocycles. The van der Waals surface area contributed by atoms with Gasteiger partial charge in [-0.2, -0.15) is 0 Å². The first-order valence-corrected chi connectivity index (χ1v) is 11.1. The minimum Gasteiger partial charge on any atom is -0.480 e. The Morgan fingerprint density at radius 3 is 1.72 bits per heavy atom. The molecule has 5 unspecified atom stereocenters. The number of guanidine groups is 2. The molecule has 0 rings (SSSR count). The van der Waals surface area contributed by atoms with E-state index in [1.165, 1.54) is 6.92 Å². The fraction of sp³-hybridized carbons (Fsp3) is 0.684. The highest BCUT2D eigenvalue weighted by Crippen LogP contribution is 2.03. The predicted octanol–water partition coefficient (Wildman–Crippen LogP) is -5.67. The summed E-state index contributed by atoms with van der Waals surface area (Å²) in [7, 11) is 0. The number of aliphatic hydroxyl groups is 2. The molecule has 0 aliphatic heterocycles. The zero-order valence-corrected chi connectivity index (χ0v) is 20.1. The van der Waals surface area contributed by atoms with Gasteiger partial charge in [-0.1, -0.05) is 0 Å². The van der Waals surface area contributed by atoms with Crippen molar-refractivity contribution >= 4 is 35.6 Å². The summed E-state index contributed by atoms with van der Waals surface area (Å²) in [5, 5.41) is 35.2. The van der Waals surface area contributed by atoms with Gasteiger partial charge in [0, 0.05) is 13.1 Å². The molecule has 3 amide bonds. The average molecular weight is 519 g/mol. The van der Waals surface area contributed by atoms with Crippen LogP contribution in [0, 0.1) is 0 Å². The Balaban J connectivity index is 5.28. The van der Waals surface area contributed by atoms with Crippen molar-refractivity contribution in [3.63, 3.8) is 0 Å². The van der Waals surface area contributed by atoms with Gasteiger partial charge >= 0.3 is 5.97 Å². The Bertz CT molecular complexity index is 797. The lowest BCUT2D eigenvalue weighted by Gasteiger charge is -2.25. The van der Waals surface area contributed by atoms with Crippen LogP contribution in [0.3, 0.4) is 0 Å². The number of carbonyl (C=O) groups is 4. The van der Waals surface area contributed by atoms with Gasteiger partial charge in [0.15, 0.2) is 18.0 Å². The van der Waals surface area contributed by atoms with Gasteiger partial charge in [0.25, 0.3) is 0 Å². The van der Waals surface area contributed by atoms with Crippen molar-refractivity contribution in [2.45, 2.75) is 62.9 Å². The SMILES string of the molecule is CC(O)C(NC(=O)C(CCCN=C(N)N)NC(=O)C(CO)NC(=O)C(N)CCCN=C(N)N)C(=O)O. The molecule has 36 heavy (non-hydrogen) atoms. The van der Waals surface area contributed by atoms with Gasteiger partial charge in [0.05, 0.1) is 18.8 Å². The zero-order chi connectivity index (χ0) is 27.8. The van der Waals surface area contributed by atoms with E-state index in [1.54, 1.807) is 0 Å². The second-order valence-corrected chi connectivity index (χ2v) is 7.87. The van der Waals surface area contributed by atoms with Crippen molar-refractivity contribution < 1.29 is 34.5 Å². The third kappa shape index (κ3) is 13.3. The lowest BCUT2D eigenvalue weighted by atomic mass is 10.1. The van der Waals surface area contributed by atoms with Crippen molar-refractivity contribution in [1.82, 2.24) is 16.0 Å². The molecule has 0 aliphatic carbocycles. The number of hydrogen-bond donors (Lipinski definition) is 11. The number of aliphatic imine (C=N–C) groups is 2. The number of carboxylic acid groups (broad SMARTS) is 1. The Hall–Kier alpha value is -3.70. The summed E-state index contributed by atoms with van der Waals surface area (Å²) >= 11 is 0. The van der Waals surface area contributed by atoms with Crippen LogP contribution in [-0.4, -0.2) is 101 Å². The molecule has 16 N–H and O–H groups in total. The Morgan fingerprint density at radius 1 is 0.806 bits per heavy atom. The summed E-state index contributed by atoms with van der Waals surface area (Å²) in [6, 6.07) is -5.42.